The first kappa shape index (κ1) is 4.62. The third-order valence-electron chi connectivity index (χ3n) is 1.26. The van der Waals surface area contributed by atoms with Gasteiger partial charge in [0.05, 0.1) is 5.92 Å². The maximum atomic E-state index is 9.95. The van der Waals surface area contributed by atoms with Crippen molar-refractivity contribution >= 4 is 5.97 Å². The van der Waals surface area contributed by atoms with E-state index >= 15 is 0 Å². The molecular formula is C5H7O2. The topological polar surface area (TPSA) is 37.3 Å². The summed E-state index contributed by atoms with van der Waals surface area (Å²) < 4.78 is 0. The Bertz CT molecular complexity index is 98.3. The molecule has 1 N–H and O–H groups in total. The van der Waals surface area contributed by atoms with E-state index in [2.05, 4.69) is 0 Å². The lowest BCUT2D eigenvalue weighted by atomic mass is 10.3. The highest BCUT2D eigenvalue weighted by Gasteiger charge is 2.39. The predicted molar refractivity (Wildman–Crippen MR) is 24.7 cm³/mol. The average molecular weight is 99.1 g/mol. The zero-order valence-corrected chi connectivity index (χ0v) is 4.14. The van der Waals surface area contributed by atoms with Crippen LogP contribution in [0.5, 0.6) is 0 Å². The summed E-state index contributed by atoms with van der Waals surface area (Å²) in [6.45, 7) is 1.87. The number of carbonyl (C=O) groups is 1. The van der Waals surface area contributed by atoms with Gasteiger partial charge >= 0.3 is 5.97 Å². The van der Waals surface area contributed by atoms with Gasteiger partial charge in [-0.2, -0.15) is 0 Å². The molecule has 1 fully saturated rings. The molecule has 1 saturated carbocycles. The molecule has 1 atom stereocenters. The fourth-order valence-corrected chi connectivity index (χ4v) is 0.561. The van der Waals surface area contributed by atoms with Gasteiger partial charge in [0.25, 0.3) is 0 Å². The third-order valence-corrected chi connectivity index (χ3v) is 1.26. The van der Waals surface area contributed by atoms with Crippen LogP contribution in [-0.2, 0) is 4.79 Å². The highest BCUT2D eigenvalue weighted by molar-refractivity contribution is 5.77. The number of hydrogen-bond acceptors (Lipinski definition) is 1. The lowest BCUT2D eigenvalue weighted by Crippen LogP contribution is -1.96. The van der Waals surface area contributed by atoms with Crippen molar-refractivity contribution in [1.82, 2.24) is 0 Å². The molecule has 1 radical (unpaired) electrons. The van der Waals surface area contributed by atoms with E-state index in [1.807, 2.05) is 6.92 Å². The first-order chi connectivity index (χ1) is 3.22. The molecule has 0 aromatic carbocycles. The number of hydrogen-bond donors (Lipinski definition) is 1. The monoisotopic (exact) mass is 99.0 g/mol. The Hall–Kier alpha value is -0.530. The van der Waals surface area contributed by atoms with Crippen molar-refractivity contribution in [3.63, 3.8) is 0 Å². The van der Waals surface area contributed by atoms with Crippen LogP contribution in [0.1, 0.15) is 13.3 Å². The summed E-state index contributed by atoms with van der Waals surface area (Å²) in [6, 6.07) is 0. The first-order valence-corrected chi connectivity index (χ1v) is 2.27. The summed E-state index contributed by atoms with van der Waals surface area (Å²) in [6.07, 6.45) is 0.801. The summed E-state index contributed by atoms with van der Waals surface area (Å²) in [4.78, 5) is 9.95. The van der Waals surface area contributed by atoms with Crippen molar-refractivity contribution in [3.8, 4) is 0 Å². The van der Waals surface area contributed by atoms with Crippen molar-refractivity contribution in [2.75, 3.05) is 0 Å². The van der Waals surface area contributed by atoms with E-state index in [1.165, 1.54) is 0 Å². The van der Waals surface area contributed by atoms with E-state index in [0.29, 0.717) is 0 Å². The second-order valence-electron chi connectivity index (χ2n) is 1.94. The van der Waals surface area contributed by atoms with Crippen molar-refractivity contribution in [1.29, 1.82) is 0 Å². The fraction of sp³-hybridized carbons (Fsp3) is 0.600. The molecular weight excluding hydrogens is 92.1 g/mol. The van der Waals surface area contributed by atoms with Gasteiger partial charge in [-0.25, -0.2) is 0 Å². The quantitative estimate of drug-likeness (QED) is 0.525. The van der Waals surface area contributed by atoms with Crippen LogP contribution in [0, 0.1) is 11.8 Å². The van der Waals surface area contributed by atoms with Gasteiger partial charge in [0.2, 0.25) is 0 Å². The molecule has 0 bridgehead atoms. The molecule has 0 aromatic rings. The molecule has 1 aliphatic rings. The number of carboxylic acids is 1. The van der Waals surface area contributed by atoms with E-state index in [4.69, 9.17) is 5.11 Å². The van der Waals surface area contributed by atoms with Gasteiger partial charge in [-0.3, -0.25) is 4.79 Å². The summed E-state index contributed by atoms with van der Waals surface area (Å²) in [5.74, 6) is 0.338. The smallest absolute Gasteiger partial charge is 0.307 e. The summed E-state index contributed by atoms with van der Waals surface area (Å²) in [5, 5.41) is 8.20. The molecule has 0 aliphatic heterocycles. The van der Waals surface area contributed by atoms with Crippen LogP contribution in [0.3, 0.4) is 0 Å². The Morgan fingerprint density at radius 1 is 2.00 bits per heavy atom. The standard InChI is InChI=1S/C5H7O2/c1-3-2-4(3)5(6)7/h4H,2H2,1H3,(H,6,7)/t4-/m0/s1. The molecule has 7 heavy (non-hydrogen) atoms. The first-order valence-electron chi connectivity index (χ1n) is 2.27. The molecule has 2 heteroatoms. The molecule has 2 nitrogen and oxygen atoms in total. The van der Waals surface area contributed by atoms with Crippen LogP contribution in [0.2, 0.25) is 0 Å². The van der Waals surface area contributed by atoms with Crippen molar-refractivity contribution < 1.29 is 9.90 Å². The Labute approximate surface area is 42.1 Å². The predicted octanol–water partition coefficient (Wildman–Crippen LogP) is 0.685. The van der Waals surface area contributed by atoms with Gasteiger partial charge < -0.3 is 5.11 Å². The summed E-state index contributed by atoms with van der Waals surface area (Å²) in [5.41, 5.74) is 0. The van der Waals surface area contributed by atoms with Crippen LogP contribution >= 0.6 is 0 Å². The van der Waals surface area contributed by atoms with Gasteiger partial charge in [0.15, 0.2) is 0 Å². The molecule has 0 saturated heterocycles. The highest BCUT2D eigenvalue weighted by atomic mass is 16.4. The van der Waals surface area contributed by atoms with E-state index in [1.54, 1.807) is 0 Å². The van der Waals surface area contributed by atoms with E-state index in [0.717, 1.165) is 12.3 Å². The summed E-state index contributed by atoms with van der Waals surface area (Å²) >= 11 is 0. The maximum Gasteiger partial charge on any atom is 0.307 e. The number of rotatable bonds is 1. The molecule has 0 spiro atoms. The van der Waals surface area contributed by atoms with Crippen LogP contribution in [-0.4, -0.2) is 11.1 Å². The minimum absolute atomic E-state index is 0.0972. The zero-order chi connectivity index (χ0) is 5.44. The fourth-order valence-electron chi connectivity index (χ4n) is 0.561. The Morgan fingerprint density at radius 2 is 2.43 bits per heavy atom. The Kier molecular flexibility index (Phi) is 0.805. The van der Waals surface area contributed by atoms with Crippen molar-refractivity contribution in [2.45, 2.75) is 13.3 Å². The van der Waals surface area contributed by atoms with Gasteiger partial charge in [-0.15, -0.1) is 0 Å². The van der Waals surface area contributed by atoms with Crippen molar-refractivity contribution in [3.05, 3.63) is 5.92 Å². The largest absolute Gasteiger partial charge is 0.481 e. The van der Waals surface area contributed by atoms with Crippen LogP contribution in [0.4, 0.5) is 0 Å². The maximum absolute atomic E-state index is 9.95. The van der Waals surface area contributed by atoms with E-state index in [9.17, 15) is 4.79 Å². The molecule has 0 heterocycles. The van der Waals surface area contributed by atoms with E-state index < -0.39 is 5.97 Å². The Balaban J connectivity index is 2.33. The number of carboxylic acid groups (broad SMARTS) is 1. The molecule has 0 unspecified atom stereocenters. The highest BCUT2D eigenvalue weighted by Crippen LogP contribution is 2.39. The number of aliphatic carboxylic acids is 1. The van der Waals surface area contributed by atoms with Crippen LogP contribution < -0.4 is 0 Å². The SMILES string of the molecule is C[C]1C[C@@H]1C(=O)O. The zero-order valence-electron chi connectivity index (χ0n) is 4.14. The summed E-state index contributed by atoms with van der Waals surface area (Å²) in [7, 11) is 0. The van der Waals surface area contributed by atoms with Gasteiger partial charge in [-0.1, -0.05) is 6.92 Å². The van der Waals surface area contributed by atoms with Gasteiger partial charge in [0.1, 0.15) is 0 Å². The van der Waals surface area contributed by atoms with Crippen LogP contribution in [0.15, 0.2) is 0 Å². The van der Waals surface area contributed by atoms with Crippen molar-refractivity contribution in [2.24, 2.45) is 5.92 Å². The van der Waals surface area contributed by atoms with Gasteiger partial charge in [-0.05, 0) is 12.3 Å². The minimum atomic E-state index is -0.669. The minimum Gasteiger partial charge on any atom is -0.481 e. The van der Waals surface area contributed by atoms with Gasteiger partial charge in [0, 0.05) is 0 Å². The average Bonchev–Trinajstić information content (AvgIpc) is 2.17. The lowest BCUT2D eigenvalue weighted by Gasteiger charge is -1.79. The molecule has 1 aliphatic carbocycles. The second-order valence-corrected chi connectivity index (χ2v) is 1.94. The second kappa shape index (κ2) is 1.22. The third kappa shape index (κ3) is 0.734. The molecule has 1 rings (SSSR count). The molecule has 0 amide bonds. The molecule has 0 aromatic heterocycles. The molecule has 39 valence electrons. The normalized spacial score (nSPS) is 30.1. The Morgan fingerprint density at radius 3 is 2.43 bits per heavy atom. The van der Waals surface area contributed by atoms with Crippen LogP contribution in [0.25, 0.3) is 0 Å². The lowest BCUT2D eigenvalue weighted by molar-refractivity contribution is -0.138. The van der Waals surface area contributed by atoms with E-state index in [-0.39, 0.29) is 5.92 Å².